The van der Waals surface area contributed by atoms with Gasteiger partial charge in [-0.3, -0.25) is 19.2 Å². The summed E-state index contributed by atoms with van der Waals surface area (Å²) >= 11 is 16.7. The summed E-state index contributed by atoms with van der Waals surface area (Å²) in [6.07, 6.45) is -7.19. The normalized spacial score (nSPS) is 26.1. The van der Waals surface area contributed by atoms with E-state index in [1.54, 1.807) is 0 Å². The second kappa shape index (κ2) is 12.4. The summed E-state index contributed by atoms with van der Waals surface area (Å²) < 4.78 is 44.9. The molecule has 12 nitrogen and oxygen atoms in total. The Bertz CT molecular complexity index is 866. The van der Waals surface area contributed by atoms with E-state index in [2.05, 4.69) is 5.32 Å². The van der Waals surface area contributed by atoms with Crippen LogP contribution in [0.4, 0.5) is 9.18 Å². The van der Waals surface area contributed by atoms with Gasteiger partial charge in [0.1, 0.15) is 24.9 Å². The molecule has 1 aliphatic rings. The SMILES string of the molecule is CC(=O)OC[C@@H](OC(C)=O)[C@@]1(OC(C)=O)OC(C)(C)C(F)C(OC(C)=O)C1NC(=O)OCC(Cl)(Cl)Cl. The molecule has 0 bridgehead atoms. The van der Waals surface area contributed by atoms with Crippen LogP contribution in [0.25, 0.3) is 0 Å². The number of esters is 4. The Morgan fingerprint density at radius 3 is 2.00 bits per heavy atom. The molecule has 3 unspecified atom stereocenters. The van der Waals surface area contributed by atoms with Gasteiger partial charge in [-0.2, -0.15) is 0 Å². The van der Waals surface area contributed by atoms with E-state index in [9.17, 15) is 24.0 Å². The lowest BCUT2D eigenvalue weighted by atomic mass is 9.82. The predicted octanol–water partition coefficient (Wildman–Crippen LogP) is 2.28. The number of halogens is 4. The minimum absolute atomic E-state index is 0.763. The summed E-state index contributed by atoms with van der Waals surface area (Å²) in [6, 6.07) is -1.93. The second-order valence-electron chi connectivity index (χ2n) is 8.21. The number of carbonyl (C=O) groups excluding carboxylic acids is 5. The van der Waals surface area contributed by atoms with Gasteiger partial charge in [0.2, 0.25) is 9.90 Å². The largest absolute Gasteiger partial charge is 0.462 e. The van der Waals surface area contributed by atoms with Gasteiger partial charge in [-0.15, -0.1) is 0 Å². The minimum atomic E-state index is -2.61. The summed E-state index contributed by atoms with van der Waals surface area (Å²) in [5, 5.41) is 2.16. The second-order valence-corrected chi connectivity index (χ2v) is 10.7. The van der Waals surface area contributed by atoms with Gasteiger partial charge in [-0.05, 0) is 13.8 Å². The van der Waals surface area contributed by atoms with E-state index in [0.29, 0.717) is 0 Å². The maximum Gasteiger partial charge on any atom is 0.407 e. The predicted molar refractivity (Wildman–Crippen MR) is 121 cm³/mol. The molecular formula is C20H27Cl3FNO11. The van der Waals surface area contributed by atoms with Crippen LogP contribution >= 0.6 is 34.8 Å². The number of nitrogens with one attached hydrogen (secondary N) is 1. The van der Waals surface area contributed by atoms with E-state index >= 15 is 4.39 Å². The molecule has 1 fully saturated rings. The third kappa shape index (κ3) is 9.09. The first-order chi connectivity index (χ1) is 16.3. The van der Waals surface area contributed by atoms with Crippen LogP contribution in [0.15, 0.2) is 0 Å². The van der Waals surface area contributed by atoms with E-state index in [-0.39, 0.29) is 0 Å². The maximum atomic E-state index is 15.6. The van der Waals surface area contributed by atoms with Gasteiger partial charge >= 0.3 is 30.0 Å². The lowest BCUT2D eigenvalue weighted by molar-refractivity contribution is -0.365. The number of hydrogen-bond acceptors (Lipinski definition) is 11. The van der Waals surface area contributed by atoms with Gasteiger partial charge in [0.05, 0.1) is 0 Å². The summed E-state index contributed by atoms with van der Waals surface area (Å²) in [7, 11) is 0. The Kier molecular flexibility index (Phi) is 11.0. The fourth-order valence-corrected chi connectivity index (χ4v) is 3.57. The van der Waals surface area contributed by atoms with E-state index in [1.807, 2.05) is 0 Å². The van der Waals surface area contributed by atoms with Crippen LogP contribution in [-0.2, 0) is 47.6 Å². The average Bonchev–Trinajstić information content (AvgIpc) is 2.68. The highest BCUT2D eigenvalue weighted by atomic mass is 35.6. The molecule has 0 aromatic carbocycles. The molecule has 0 aromatic rings. The van der Waals surface area contributed by atoms with Crippen molar-refractivity contribution in [2.75, 3.05) is 13.2 Å². The lowest BCUT2D eigenvalue weighted by Crippen LogP contribution is -2.77. The van der Waals surface area contributed by atoms with Gasteiger partial charge in [0.15, 0.2) is 12.3 Å². The Balaban J connectivity index is 3.75. The minimum Gasteiger partial charge on any atom is -0.462 e. The van der Waals surface area contributed by atoms with Crippen LogP contribution in [-0.4, -0.2) is 82.8 Å². The molecule has 1 saturated heterocycles. The number of alkyl halides is 4. The molecule has 5 atom stereocenters. The van der Waals surface area contributed by atoms with Gasteiger partial charge in [-0.25, -0.2) is 9.18 Å². The fourth-order valence-electron chi connectivity index (χ4n) is 3.41. The molecule has 0 aliphatic carbocycles. The summed E-state index contributed by atoms with van der Waals surface area (Å²) in [5.74, 6) is -6.43. The van der Waals surface area contributed by atoms with Crippen molar-refractivity contribution >= 4 is 64.8 Å². The van der Waals surface area contributed by atoms with Crippen molar-refractivity contribution in [3.05, 3.63) is 0 Å². The topological polar surface area (TPSA) is 153 Å². The number of carbonyl (C=O) groups is 5. The van der Waals surface area contributed by atoms with E-state index in [1.165, 1.54) is 13.8 Å². The van der Waals surface area contributed by atoms with E-state index < -0.39 is 82.8 Å². The molecule has 1 heterocycles. The monoisotopic (exact) mass is 581 g/mol. The first-order valence-electron chi connectivity index (χ1n) is 10.3. The Labute approximate surface area is 221 Å². The molecule has 0 aromatic heterocycles. The smallest absolute Gasteiger partial charge is 0.407 e. The first kappa shape index (κ1) is 31.9. The highest BCUT2D eigenvalue weighted by Gasteiger charge is 2.67. The fraction of sp³-hybridized carbons (Fsp3) is 0.750. The molecule has 0 spiro atoms. The van der Waals surface area contributed by atoms with Crippen molar-refractivity contribution in [1.82, 2.24) is 5.32 Å². The van der Waals surface area contributed by atoms with Crippen LogP contribution in [0.1, 0.15) is 41.5 Å². The van der Waals surface area contributed by atoms with Crippen molar-refractivity contribution in [1.29, 1.82) is 0 Å². The standard InChI is InChI=1S/C20H27Cl3FNO11/c1-9(26)31-7-13(33-10(2)27)20(35-12(4)29)16(25-17(30)32-8-19(21,22)23)14(34-11(3)28)15(24)18(5,6)36-20/h13-16H,7-8H2,1-6H3,(H,25,30)/t13-,14?,15?,16?,20-/m1/s1. The molecule has 1 rings (SSSR count). The molecule has 1 aliphatic heterocycles. The quantitative estimate of drug-likeness (QED) is 0.255. The van der Waals surface area contributed by atoms with E-state index in [0.717, 1.165) is 27.7 Å². The number of rotatable bonds is 8. The zero-order valence-electron chi connectivity index (χ0n) is 20.2. The third-order valence-electron chi connectivity index (χ3n) is 4.58. The van der Waals surface area contributed by atoms with E-state index in [4.69, 9.17) is 63.2 Å². The number of ether oxygens (including phenoxy) is 6. The number of alkyl carbamates (subject to hydrolysis) is 1. The van der Waals surface area contributed by atoms with Crippen LogP contribution < -0.4 is 5.32 Å². The maximum absolute atomic E-state index is 15.6. The number of hydrogen-bond donors (Lipinski definition) is 1. The molecule has 36 heavy (non-hydrogen) atoms. The zero-order chi connectivity index (χ0) is 28.1. The summed E-state index contributed by atoms with van der Waals surface area (Å²) in [4.78, 5) is 60.1. The van der Waals surface area contributed by atoms with Gasteiger partial charge in [-0.1, -0.05) is 34.8 Å². The Hall–Kier alpha value is -2.09. The molecule has 1 N–H and O–H groups in total. The summed E-state index contributed by atoms with van der Waals surface area (Å²) in [6.45, 7) is 4.83. The van der Waals surface area contributed by atoms with Crippen molar-refractivity contribution in [3.63, 3.8) is 0 Å². The van der Waals surface area contributed by atoms with Gasteiger partial charge in [0.25, 0.3) is 5.79 Å². The molecule has 206 valence electrons. The van der Waals surface area contributed by atoms with Crippen molar-refractivity contribution in [2.45, 2.75) is 81.1 Å². The van der Waals surface area contributed by atoms with Crippen molar-refractivity contribution in [2.24, 2.45) is 0 Å². The Morgan fingerprint density at radius 2 is 1.56 bits per heavy atom. The van der Waals surface area contributed by atoms with Crippen LogP contribution in [0, 0.1) is 0 Å². The highest BCUT2D eigenvalue weighted by Crippen LogP contribution is 2.43. The summed E-state index contributed by atoms with van der Waals surface area (Å²) in [5.41, 5.74) is -1.89. The molecule has 0 radical (unpaired) electrons. The third-order valence-corrected chi connectivity index (χ3v) is 4.91. The molecule has 0 saturated carbocycles. The average molecular weight is 583 g/mol. The van der Waals surface area contributed by atoms with Gasteiger partial charge < -0.3 is 33.7 Å². The van der Waals surface area contributed by atoms with Crippen molar-refractivity contribution in [3.8, 4) is 0 Å². The highest BCUT2D eigenvalue weighted by molar-refractivity contribution is 6.67. The van der Waals surface area contributed by atoms with Crippen LogP contribution in [0.5, 0.6) is 0 Å². The zero-order valence-corrected chi connectivity index (χ0v) is 22.5. The van der Waals surface area contributed by atoms with Crippen molar-refractivity contribution < 1.29 is 56.8 Å². The first-order valence-corrected chi connectivity index (χ1v) is 11.5. The Morgan fingerprint density at radius 1 is 0.972 bits per heavy atom. The van der Waals surface area contributed by atoms with Crippen LogP contribution in [0.3, 0.4) is 0 Å². The number of amides is 1. The molecular weight excluding hydrogens is 556 g/mol. The lowest BCUT2D eigenvalue weighted by Gasteiger charge is -2.54. The molecule has 1 amide bonds. The van der Waals surface area contributed by atoms with Crippen LogP contribution in [0.2, 0.25) is 0 Å². The van der Waals surface area contributed by atoms with Gasteiger partial charge in [0, 0.05) is 27.7 Å². The molecule has 16 heteroatoms.